The van der Waals surface area contributed by atoms with Crippen molar-refractivity contribution in [3.05, 3.63) is 35.9 Å². The van der Waals surface area contributed by atoms with Gasteiger partial charge in [0.15, 0.2) is 0 Å². The fourth-order valence-electron chi connectivity index (χ4n) is 2.40. The van der Waals surface area contributed by atoms with E-state index in [0.29, 0.717) is 6.61 Å². The van der Waals surface area contributed by atoms with Crippen molar-refractivity contribution in [2.75, 3.05) is 18.8 Å². The normalized spacial score (nSPS) is 16.4. The van der Waals surface area contributed by atoms with Crippen LogP contribution in [0.2, 0.25) is 0 Å². The van der Waals surface area contributed by atoms with E-state index in [1.807, 2.05) is 35.2 Å². The molecule has 1 amide bonds. The molecule has 1 aliphatic rings. The first-order chi connectivity index (χ1) is 9.29. The van der Waals surface area contributed by atoms with Crippen LogP contribution in [0.3, 0.4) is 0 Å². The number of piperidine rings is 1. The Bertz CT molecular complexity index is 388. The molecule has 0 bridgehead atoms. The molecule has 0 radical (unpaired) electrons. The van der Waals surface area contributed by atoms with Gasteiger partial charge in [0.05, 0.1) is 0 Å². The summed E-state index contributed by atoms with van der Waals surface area (Å²) in [6.45, 7) is 1.98. The van der Waals surface area contributed by atoms with Crippen molar-refractivity contribution in [2.24, 2.45) is 5.92 Å². The predicted octanol–water partition coefficient (Wildman–Crippen LogP) is 3.36. The fraction of sp³-hybridized carbons (Fsp3) is 0.533. The maximum Gasteiger partial charge on any atom is 0.410 e. The first-order valence-electron chi connectivity index (χ1n) is 6.86. The van der Waals surface area contributed by atoms with Crippen LogP contribution in [-0.4, -0.2) is 29.8 Å². The smallest absolute Gasteiger partial charge is 0.410 e. The van der Waals surface area contributed by atoms with Gasteiger partial charge in [-0.15, -0.1) is 0 Å². The molecule has 0 unspecified atom stereocenters. The van der Waals surface area contributed by atoms with E-state index in [1.54, 1.807) is 0 Å². The van der Waals surface area contributed by atoms with Crippen molar-refractivity contribution in [1.29, 1.82) is 0 Å². The van der Waals surface area contributed by atoms with E-state index in [-0.39, 0.29) is 6.09 Å². The van der Waals surface area contributed by atoms with Crippen LogP contribution in [0.1, 0.15) is 24.8 Å². The monoisotopic (exact) mass is 279 g/mol. The summed E-state index contributed by atoms with van der Waals surface area (Å²) < 4.78 is 5.33. The number of benzene rings is 1. The first kappa shape index (κ1) is 14.3. The molecule has 1 aromatic rings. The highest BCUT2D eigenvalue weighted by Gasteiger charge is 2.23. The number of carbonyl (C=O) groups excluding carboxylic acids is 1. The molecule has 104 valence electrons. The molecule has 1 aliphatic heterocycles. The van der Waals surface area contributed by atoms with Gasteiger partial charge in [0.25, 0.3) is 0 Å². The lowest BCUT2D eigenvalue weighted by Crippen LogP contribution is -2.38. The number of carbonyl (C=O) groups is 1. The number of thiol groups is 1. The van der Waals surface area contributed by atoms with Gasteiger partial charge in [-0.25, -0.2) is 4.79 Å². The van der Waals surface area contributed by atoms with Crippen molar-refractivity contribution >= 4 is 18.7 Å². The van der Waals surface area contributed by atoms with E-state index in [0.717, 1.165) is 49.6 Å². The molecule has 19 heavy (non-hydrogen) atoms. The Morgan fingerprint density at radius 1 is 1.26 bits per heavy atom. The van der Waals surface area contributed by atoms with Crippen LogP contribution in [-0.2, 0) is 11.3 Å². The SMILES string of the molecule is O=C(OCc1ccccc1)N1CCC(CCS)CC1. The summed E-state index contributed by atoms with van der Waals surface area (Å²) in [7, 11) is 0. The lowest BCUT2D eigenvalue weighted by molar-refractivity contribution is 0.0821. The zero-order valence-corrected chi connectivity index (χ0v) is 12.0. The van der Waals surface area contributed by atoms with Gasteiger partial charge in [0.1, 0.15) is 6.61 Å². The van der Waals surface area contributed by atoms with Crippen LogP contribution in [0.25, 0.3) is 0 Å². The second kappa shape index (κ2) is 7.43. The molecular weight excluding hydrogens is 258 g/mol. The van der Waals surface area contributed by atoms with E-state index in [2.05, 4.69) is 12.6 Å². The predicted molar refractivity (Wildman–Crippen MR) is 79.4 cm³/mol. The number of nitrogens with zero attached hydrogens (tertiary/aromatic N) is 1. The summed E-state index contributed by atoms with van der Waals surface area (Å²) in [4.78, 5) is 13.7. The molecular formula is C15H21NO2S. The number of amides is 1. The largest absolute Gasteiger partial charge is 0.445 e. The maximum atomic E-state index is 11.9. The third-order valence-corrected chi connectivity index (χ3v) is 3.87. The Hall–Kier alpha value is -1.16. The summed E-state index contributed by atoms with van der Waals surface area (Å²) in [5.74, 6) is 1.65. The van der Waals surface area contributed by atoms with Crippen LogP contribution in [0.15, 0.2) is 30.3 Å². The zero-order valence-electron chi connectivity index (χ0n) is 11.1. The summed E-state index contributed by atoms with van der Waals surface area (Å²) in [5, 5.41) is 0. The molecule has 0 aliphatic carbocycles. The molecule has 1 fully saturated rings. The van der Waals surface area contributed by atoms with Crippen molar-refractivity contribution in [2.45, 2.75) is 25.9 Å². The quantitative estimate of drug-likeness (QED) is 0.856. The van der Waals surface area contributed by atoms with Gasteiger partial charge >= 0.3 is 6.09 Å². The molecule has 2 rings (SSSR count). The van der Waals surface area contributed by atoms with Crippen LogP contribution in [0.4, 0.5) is 4.79 Å². The van der Waals surface area contributed by atoms with Gasteiger partial charge < -0.3 is 9.64 Å². The highest BCUT2D eigenvalue weighted by molar-refractivity contribution is 7.80. The van der Waals surface area contributed by atoms with Gasteiger partial charge in [-0.3, -0.25) is 0 Å². The number of hydrogen-bond acceptors (Lipinski definition) is 3. The van der Waals surface area contributed by atoms with Crippen LogP contribution < -0.4 is 0 Å². The zero-order chi connectivity index (χ0) is 13.5. The Labute approximate surface area is 120 Å². The molecule has 0 aromatic heterocycles. The highest BCUT2D eigenvalue weighted by Crippen LogP contribution is 2.21. The highest BCUT2D eigenvalue weighted by atomic mass is 32.1. The van der Waals surface area contributed by atoms with Crippen molar-refractivity contribution in [1.82, 2.24) is 4.90 Å². The van der Waals surface area contributed by atoms with Crippen LogP contribution in [0.5, 0.6) is 0 Å². The second-order valence-corrected chi connectivity index (χ2v) is 5.43. The number of rotatable bonds is 4. The van der Waals surface area contributed by atoms with E-state index in [4.69, 9.17) is 4.74 Å². The van der Waals surface area contributed by atoms with E-state index >= 15 is 0 Å². The molecule has 3 nitrogen and oxygen atoms in total. The van der Waals surface area contributed by atoms with Gasteiger partial charge in [-0.2, -0.15) is 12.6 Å². The number of likely N-dealkylation sites (tertiary alicyclic amines) is 1. The molecule has 0 atom stereocenters. The first-order valence-corrected chi connectivity index (χ1v) is 7.49. The fourth-order valence-corrected chi connectivity index (χ4v) is 2.76. The second-order valence-electron chi connectivity index (χ2n) is 4.98. The average Bonchev–Trinajstić information content (AvgIpc) is 2.47. The van der Waals surface area contributed by atoms with Crippen molar-refractivity contribution in [3.8, 4) is 0 Å². The molecule has 0 N–H and O–H groups in total. The van der Waals surface area contributed by atoms with Gasteiger partial charge in [0, 0.05) is 13.1 Å². The number of hydrogen-bond donors (Lipinski definition) is 1. The maximum absolute atomic E-state index is 11.9. The van der Waals surface area contributed by atoms with E-state index in [9.17, 15) is 4.79 Å². The lowest BCUT2D eigenvalue weighted by atomic mass is 9.95. The molecule has 4 heteroatoms. The van der Waals surface area contributed by atoms with E-state index in [1.165, 1.54) is 0 Å². The third-order valence-electron chi connectivity index (χ3n) is 3.62. The standard InChI is InChI=1S/C15H21NO2S/c17-15(18-12-14-4-2-1-3-5-14)16-9-6-13(7-10-16)8-11-19/h1-5,13,19H,6-12H2. The van der Waals surface area contributed by atoms with E-state index < -0.39 is 0 Å². The Balaban J connectivity index is 1.73. The minimum absolute atomic E-state index is 0.187. The Kier molecular flexibility index (Phi) is 5.58. The third kappa shape index (κ3) is 4.46. The molecule has 1 heterocycles. The van der Waals surface area contributed by atoms with Gasteiger partial charge in [-0.05, 0) is 36.5 Å². The lowest BCUT2D eigenvalue weighted by Gasteiger charge is -2.31. The summed E-state index contributed by atoms with van der Waals surface area (Å²) in [5.41, 5.74) is 1.03. The van der Waals surface area contributed by atoms with Gasteiger partial charge in [-0.1, -0.05) is 30.3 Å². The molecule has 1 saturated heterocycles. The minimum atomic E-state index is -0.187. The topological polar surface area (TPSA) is 29.5 Å². The molecule has 0 spiro atoms. The van der Waals surface area contributed by atoms with Crippen molar-refractivity contribution < 1.29 is 9.53 Å². The molecule has 1 aromatic carbocycles. The van der Waals surface area contributed by atoms with Gasteiger partial charge in [0.2, 0.25) is 0 Å². The average molecular weight is 279 g/mol. The molecule has 0 saturated carbocycles. The Morgan fingerprint density at radius 3 is 2.58 bits per heavy atom. The Morgan fingerprint density at radius 2 is 1.95 bits per heavy atom. The summed E-state index contributed by atoms with van der Waals surface area (Å²) in [6, 6.07) is 9.79. The summed E-state index contributed by atoms with van der Waals surface area (Å²) >= 11 is 4.26. The minimum Gasteiger partial charge on any atom is -0.445 e. The summed E-state index contributed by atoms with van der Waals surface area (Å²) in [6.07, 6.45) is 3.10. The number of ether oxygens (including phenoxy) is 1. The van der Waals surface area contributed by atoms with Crippen LogP contribution >= 0.6 is 12.6 Å². The van der Waals surface area contributed by atoms with Crippen molar-refractivity contribution in [3.63, 3.8) is 0 Å². The van der Waals surface area contributed by atoms with Crippen LogP contribution in [0, 0.1) is 5.92 Å².